The second-order valence-electron chi connectivity index (χ2n) is 13.7. The van der Waals surface area contributed by atoms with Crippen molar-refractivity contribution < 1.29 is 45.1 Å². The van der Waals surface area contributed by atoms with Gasteiger partial charge in [0, 0.05) is 29.4 Å². The minimum absolute atomic E-state index is 0.0401. The molecule has 2 aromatic carbocycles. The van der Waals surface area contributed by atoms with Crippen molar-refractivity contribution in [1.29, 1.82) is 5.41 Å². The maximum atomic E-state index is 14.4. The molecule has 0 aliphatic carbocycles. The van der Waals surface area contributed by atoms with Gasteiger partial charge in [0.05, 0.1) is 17.3 Å². The molecule has 2 amide bonds. The number of hydrogen-bond acceptors (Lipinski definition) is 7. The van der Waals surface area contributed by atoms with Crippen LogP contribution in [0.15, 0.2) is 61.2 Å². The summed E-state index contributed by atoms with van der Waals surface area (Å²) in [7, 11) is 0. The molecule has 0 aliphatic rings. The Kier molecular flexibility index (Phi) is 12.7. The monoisotopic (exact) mass is 787 g/mol. The number of carbonyl (C=O) groups excluding carboxylic acids is 2. The molecular formula is C34H37ClF7N9O3. The molecule has 0 spiro atoms. The van der Waals surface area contributed by atoms with Gasteiger partial charge in [0.15, 0.2) is 11.8 Å². The first-order valence-corrected chi connectivity index (χ1v) is 16.6. The highest BCUT2D eigenvalue weighted by molar-refractivity contribution is 6.33. The van der Waals surface area contributed by atoms with Gasteiger partial charge in [0.1, 0.15) is 18.5 Å². The molecule has 3 N–H and O–H groups in total. The fourth-order valence-electron chi connectivity index (χ4n) is 4.92. The third-order valence-corrected chi connectivity index (χ3v) is 8.40. The summed E-state index contributed by atoms with van der Waals surface area (Å²) in [6.07, 6.45) is -2.69. The fraction of sp³-hybridized carbons (Fsp3) is 0.412. The number of rotatable bonds is 12. The first-order chi connectivity index (χ1) is 25.1. The SMILES string of the molecule is CC(C)(C)CCNC(=N)N(C(=O)c1ccc(-c2cnn(C(F)F)c2)cc1)[C@H](COC(=O)NC(C)(C)C(F)(F)F)c1ccc(Cl)c(-c2ncnn2C(F)F)c1. The third-order valence-electron chi connectivity index (χ3n) is 8.08. The number of alkyl carbamates (subject to hydrolysis) is 1. The Balaban J connectivity index is 1.81. The molecule has 2 aromatic heterocycles. The van der Waals surface area contributed by atoms with Crippen molar-refractivity contribution in [2.75, 3.05) is 13.2 Å². The van der Waals surface area contributed by atoms with Gasteiger partial charge in [-0.3, -0.25) is 15.1 Å². The van der Waals surface area contributed by atoms with Crippen LogP contribution in [-0.4, -0.2) is 72.3 Å². The van der Waals surface area contributed by atoms with Crippen LogP contribution >= 0.6 is 11.6 Å². The van der Waals surface area contributed by atoms with Crippen molar-refractivity contribution in [2.45, 2.75) is 71.9 Å². The van der Waals surface area contributed by atoms with Crippen LogP contribution in [0.5, 0.6) is 0 Å². The normalized spacial score (nSPS) is 12.9. The van der Waals surface area contributed by atoms with Gasteiger partial charge in [-0.25, -0.2) is 14.5 Å². The first kappa shape index (κ1) is 41.6. The van der Waals surface area contributed by atoms with Crippen LogP contribution in [0.2, 0.25) is 5.02 Å². The van der Waals surface area contributed by atoms with Gasteiger partial charge in [-0.2, -0.15) is 45.6 Å². The summed E-state index contributed by atoms with van der Waals surface area (Å²) in [5.74, 6) is -1.75. The van der Waals surface area contributed by atoms with Crippen molar-refractivity contribution in [2.24, 2.45) is 5.41 Å². The zero-order chi connectivity index (χ0) is 40.2. The van der Waals surface area contributed by atoms with E-state index in [9.17, 15) is 40.3 Å². The number of ether oxygens (including phenoxy) is 1. The molecule has 4 rings (SSSR count). The maximum absolute atomic E-state index is 14.4. The number of aromatic nitrogens is 5. The van der Waals surface area contributed by atoms with E-state index in [1.54, 1.807) is 5.32 Å². The molecule has 2 heterocycles. The van der Waals surface area contributed by atoms with Gasteiger partial charge in [-0.15, -0.1) is 0 Å². The number of halogens is 8. The van der Waals surface area contributed by atoms with E-state index in [1.165, 1.54) is 48.7 Å². The average Bonchev–Trinajstić information content (AvgIpc) is 3.77. The molecule has 54 heavy (non-hydrogen) atoms. The van der Waals surface area contributed by atoms with E-state index in [0.29, 0.717) is 36.1 Å². The minimum atomic E-state index is -4.87. The molecule has 292 valence electrons. The summed E-state index contributed by atoms with van der Waals surface area (Å²) in [5.41, 5.74) is -2.29. The smallest absolute Gasteiger partial charge is 0.411 e. The number of nitrogens with one attached hydrogen (secondary N) is 3. The van der Waals surface area contributed by atoms with E-state index < -0.39 is 55.4 Å². The van der Waals surface area contributed by atoms with Crippen molar-refractivity contribution >= 4 is 29.6 Å². The lowest BCUT2D eigenvalue weighted by Crippen LogP contribution is -2.55. The van der Waals surface area contributed by atoms with E-state index in [1.807, 2.05) is 20.8 Å². The van der Waals surface area contributed by atoms with Gasteiger partial charge in [-0.1, -0.05) is 50.6 Å². The number of nitrogens with zero attached hydrogens (tertiary/aromatic N) is 6. The Hall–Kier alpha value is -5.20. The lowest BCUT2D eigenvalue weighted by Gasteiger charge is -2.34. The highest BCUT2D eigenvalue weighted by Crippen LogP contribution is 2.35. The Labute approximate surface area is 310 Å². The van der Waals surface area contributed by atoms with Gasteiger partial charge in [-0.05, 0) is 61.1 Å². The predicted octanol–water partition coefficient (Wildman–Crippen LogP) is 8.46. The first-order valence-electron chi connectivity index (χ1n) is 16.2. The van der Waals surface area contributed by atoms with Crippen LogP contribution in [0.3, 0.4) is 0 Å². The van der Waals surface area contributed by atoms with Crippen LogP contribution in [0.1, 0.15) is 76.1 Å². The summed E-state index contributed by atoms with van der Waals surface area (Å²) in [6.45, 7) is 0.570. The van der Waals surface area contributed by atoms with Gasteiger partial charge >= 0.3 is 25.4 Å². The van der Waals surface area contributed by atoms with E-state index in [4.69, 9.17) is 21.7 Å². The van der Waals surface area contributed by atoms with Gasteiger partial charge in [0.25, 0.3) is 5.91 Å². The maximum Gasteiger partial charge on any atom is 0.411 e. The Morgan fingerprint density at radius 3 is 2.20 bits per heavy atom. The van der Waals surface area contributed by atoms with Crippen molar-refractivity contribution in [3.05, 3.63) is 77.3 Å². The summed E-state index contributed by atoms with van der Waals surface area (Å²) >= 11 is 6.40. The highest BCUT2D eigenvalue weighted by Gasteiger charge is 2.49. The van der Waals surface area contributed by atoms with Crippen LogP contribution in [0.25, 0.3) is 22.5 Å². The Bertz CT molecular complexity index is 1940. The predicted molar refractivity (Wildman–Crippen MR) is 184 cm³/mol. The zero-order valence-corrected chi connectivity index (χ0v) is 30.3. The molecule has 0 saturated carbocycles. The summed E-state index contributed by atoms with van der Waals surface area (Å²) in [5, 5.41) is 20.7. The summed E-state index contributed by atoms with van der Waals surface area (Å²) < 4.78 is 101. The van der Waals surface area contributed by atoms with E-state index in [2.05, 4.69) is 20.5 Å². The Morgan fingerprint density at radius 1 is 0.963 bits per heavy atom. The van der Waals surface area contributed by atoms with Crippen LogP contribution in [-0.2, 0) is 4.74 Å². The number of hydrogen-bond donors (Lipinski definition) is 3. The molecule has 0 fully saturated rings. The van der Waals surface area contributed by atoms with Crippen molar-refractivity contribution in [3.63, 3.8) is 0 Å². The molecule has 0 bridgehead atoms. The minimum Gasteiger partial charge on any atom is -0.447 e. The number of carbonyl (C=O) groups is 2. The second kappa shape index (κ2) is 16.4. The molecule has 1 atom stereocenters. The van der Waals surface area contributed by atoms with Crippen LogP contribution in [0.4, 0.5) is 35.5 Å². The van der Waals surface area contributed by atoms with Crippen LogP contribution < -0.4 is 10.6 Å². The molecule has 20 heteroatoms. The standard InChI is InChI=1S/C34H37ClF7N9O3/c1-32(2,3)12-13-44-30(43)50(27(52)20-8-6-19(7-9-20)22-15-46-49(16-22)28(36)37)25(17-54-31(53)48-33(4,5)34(40,41)42)21-10-11-24(35)23(14-21)26-45-18-47-51(26)29(38)39/h6-11,14-16,18,25,28-29H,12-13,17H2,1-5H3,(H2,43,44)(H,48,53)/t25-/m1/s1. The van der Waals surface area contributed by atoms with E-state index in [-0.39, 0.29) is 44.2 Å². The largest absolute Gasteiger partial charge is 0.447 e. The van der Waals surface area contributed by atoms with Crippen molar-refractivity contribution in [1.82, 2.24) is 40.1 Å². The number of amides is 2. The molecule has 0 aliphatic heterocycles. The van der Waals surface area contributed by atoms with E-state index in [0.717, 1.165) is 17.4 Å². The van der Waals surface area contributed by atoms with Gasteiger partial charge in [0.2, 0.25) is 0 Å². The Morgan fingerprint density at radius 2 is 1.63 bits per heavy atom. The molecule has 4 aromatic rings. The third kappa shape index (κ3) is 10.1. The number of alkyl halides is 7. The topological polar surface area (TPSA) is 143 Å². The molecule has 0 unspecified atom stereocenters. The fourth-order valence-corrected chi connectivity index (χ4v) is 5.12. The number of guanidine groups is 1. The number of benzene rings is 2. The lowest BCUT2D eigenvalue weighted by molar-refractivity contribution is -0.183. The average molecular weight is 788 g/mol. The quantitative estimate of drug-likeness (QED) is 0.0743. The molecule has 0 radical (unpaired) electrons. The van der Waals surface area contributed by atoms with Crippen molar-refractivity contribution in [3.8, 4) is 22.5 Å². The molecule has 12 nitrogen and oxygen atoms in total. The van der Waals surface area contributed by atoms with Crippen LogP contribution in [0, 0.1) is 10.8 Å². The molecule has 0 saturated heterocycles. The zero-order valence-electron chi connectivity index (χ0n) is 29.6. The highest BCUT2D eigenvalue weighted by atomic mass is 35.5. The van der Waals surface area contributed by atoms with E-state index >= 15 is 0 Å². The second-order valence-corrected chi connectivity index (χ2v) is 14.1. The summed E-state index contributed by atoms with van der Waals surface area (Å²) in [6, 6.07) is 7.99. The summed E-state index contributed by atoms with van der Waals surface area (Å²) in [4.78, 5) is 32.0. The lowest BCUT2D eigenvalue weighted by atomic mass is 9.92. The molecular weight excluding hydrogens is 751 g/mol. The van der Waals surface area contributed by atoms with Gasteiger partial charge < -0.3 is 15.4 Å².